The molecule has 164 valence electrons. The molecule has 0 spiro atoms. The van der Waals surface area contributed by atoms with Crippen molar-refractivity contribution in [3.63, 3.8) is 0 Å². The molecule has 1 heterocycles. The molecule has 0 radical (unpaired) electrons. The summed E-state index contributed by atoms with van der Waals surface area (Å²) in [6, 6.07) is 23.6. The molecule has 0 atom stereocenters. The lowest BCUT2D eigenvalue weighted by atomic mass is 10.0. The fourth-order valence-electron chi connectivity index (χ4n) is 3.46. The van der Waals surface area contributed by atoms with E-state index in [0.29, 0.717) is 39.7 Å². The Labute approximate surface area is 191 Å². The molecule has 7 nitrogen and oxygen atoms in total. The van der Waals surface area contributed by atoms with E-state index in [1.165, 1.54) is 0 Å². The minimum Gasteiger partial charge on any atom is -0.493 e. The first-order valence-corrected chi connectivity index (χ1v) is 10.2. The molecule has 33 heavy (non-hydrogen) atoms. The van der Waals surface area contributed by atoms with E-state index < -0.39 is 0 Å². The van der Waals surface area contributed by atoms with E-state index in [1.807, 2.05) is 42.5 Å². The second kappa shape index (κ2) is 9.71. The summed E-state index contributed by atoms with van der Waals surface area (Å²) in [4.78, 5) is 18.0. The normalized spacial score (nSPS) is 10.3. The smallest absolute Gasteiger partial charge is 0.256 e. The summed E-state index contributed by atoms with van der Waals surface area (Å²) in [5, 5.41) is 12.3. The number of hydrogen-bond acceptors (Lipinski definition) is 6. The van der Waals surface area contributed by atoms with Crippen LogP contribution in [0.5, 0.6) is 17.2 Å². The van der Waals surface area contributed by atoms with E-state index in [1.54, 1.807) is 50.6 Å². The number of amides is 1. The predicted molar refractivity (Wildman–Crippen MR) is 126 cm³/mol. The van der Waals surface area contributed by atoms with Gasteiger partial charge >= 0.3 is 0 Å². The molecule has 0 aliphatic heterocycles. The molecule has 3 aromatic carbocycles. The lowest BCUT2D eigenvalue weighted by Crippen LogP contribution is -2.13. The van der Waals surface area contributed by atoms with Crippen LogP contribution in [0.15, 0.2) is 72.8 Å². The number of hydrogen-bond donors (Lipinski definition) is 1. The number of nitriles is 1. The van der Waals surface area contributed by atoms with Gasteiger partial charge < -0.3 is 19.5 Å². The largest absolute Gasteiger partial charge is 0.493 e. The highest BCUT2D eigenvalue weighted by Crippen LogP contribution is 2.33. The fraction of sp³-hybridized carbons (Fsp3) is 0.115. The SMILES string of the molecule is COc1ccc(-c2cc(C(=O)Nc3ccc(OCC#N)cc3)c3ccccc3n2)cc1OC. The fourth-order valence-corrected chi connectivity index (χ4v) is 3.46. The Balaban J connectivity index is 1.70. The van der Waals surface area contributed by atoms with Gasteiger partial charge in [0.25, 0.3) is 5.91 Å². The third-order valence-corrected chi connectivity index (χ3v) is 5.06. The molecule has 4 rings (SSSR count). The van der Waals surface area contributed by atoms with Crippen molar-refractivity contribution in [1.29, 1.82) is 5.26 Å². The quantitative estimate of drug-likeness (QED) is 0.432. The lowest BCUT2D eigenvalue weighted by Gasteiger charge is -2.13. The van der Waals surface area contributed by atoms with E-state index in [4.69, 9.17) is 24.5 Å². The minimum absolute atomic E-state index is 0.0341. The van der Waals surface area contributed by atoms with Gasteiger partial charge in [0, 0.05) is 16.6 Å². The molecular weight excluding hydrogens is 418 g/mol. The van der Waals surface area contributed by atoms with Gasteiger partial charge in [-0.2, -0.15) is 5.26 Å². The van der Waals surface area contributed by atoms with Gasteiger partial charge in [0.1, 0.15) is 11.8 Å². The topological polar surface area (TPSA) is 93.5 Å². The van der Waals surface area contributed by atoms with Gasteiger partial charge in [-0.15, -0.1) is 0 Å². The third kappa shape index (κ3) is 4.70. The Morgan fingerprint density at radius 1 is 0.970 bits per heavy atom. The number of anilines is 1. The number of rotatable bonds is 7. The number of ether oxygens (including phenoxy) is 3. The maximum absolute atomic E-state index is 13.2. The van der Waals surface area contributed by atoms with Crippen LogP contribution < -0.4 is 19.5 Å². The zero-order chi connectivity index (χ0) is 23.2. The third-order valence-electron chi connectivity index (χ3n) is 5.06. The number of pyridine rings is 1. The van der Waals surface area contributed by atoms with Crippen LogP contribution in [0.3, 0.4) is 0 Å². The van der Waals surface area contributed by atoms with Gasteiger partial charge in [0.15, 0.2) is 18.1 Å². The van der Waals surface area contributed by atoms with Gasteiger partial charge in [-0.05, 0) is 54.6 Å². The number of carbonyl (C=O) groups excluding carboxylic acids is 1. The summed E-state index contributed by atoms with van der Waals surface area (Å²) in [6.07, 6.45) is 0. The maximum Gasteiger partial charge on any atom is 0.256 e. The highest BCUT2D eigenvalue weighted by atomic mass is 16.5. The van der Waals surface area contributed by atoms with Crippen molar-refractivity contribution in [3.05, 3.63) is 78.4 Å². The number of methoxy groups -OCH3 is 2. The van der Waals surface area contributed by atoms with Crippen molar-refractivity contribution in [3.8, 4) is 34.6 Å². The van der Waals surface area contributed by atoms with Crippen LogP contribution in [0, 0.1) is 11.3 Å². The minimum atomic E-state index is -0.263. The van der Waals surface area contributed by atoms with Crippen molar-refractivity contribution in [1.82, 2.24) is 4.98 Å². The summed E-state index contributed by atoms with van der Waals surface area (Å²) < 4.78 is 16.0. The van der Waals surface area contributed by atoms with Crippen molar-refractivity contribution in [2.24, 2.45) is 0 Å². The molecule has 7 heteroatoms. The average Bonchev–Trinajstić information content (AvgIpc) is 2.87. The molecule has 0 aliphatic carbocycles. The standard InChI is InChI=1S/C26H21N3O4/c1-31-24-12-7-17(15-25(24)32-2)23-16-21(20-5-3-4-6-22(20)29-23)26(30)28-18-8-10-19(11-9-18)33-14-13-27/h3-12,15-16H,14H2,1-2H3,(H,28,30). The van der Waals surface area contributed by atoms with Crippen LogP contribution in [0.25, 0.3) is 22.2 Å². The molecule has 0 fully saturated rings. The molecule has 0 unspecified atom stereocenters. The molecule has 4 aromatic rings. The monoisotopic (exact) mass is 439 g/mol. The Kier molecular flexibility index (Phi) is 6.37. The second-order valence-corrected chi connectivity index (χ2v) is 7.07. The van der Waals surface area contributed by atoms with E-state index in [2.05, 4.69) is 5.32 Å². The van der Waals surface area contributed by atoms with Gasteiger partial charge in [-0.25, -0.2) is 4.98 Å². The number of fused-ring (bicyclic) bond motifs is 1. The number of para-hydroxylation sites is 1. The first-order chi connectivity index (χ1) is 16.1. The van der Waals surface area contributed by atoms with Crippen molar-refractivity contribution in [2.75, 3.05) is 26.1 Å². The van der Waals surface area contributed by atoms with Crippen molar-refractivity contribution in [2.45, 2.75) is 0 Å². The zero-order valence-corrected chi connectivity index (χ0v) is 18.2. The second-order valence-electron chi connectivity index (χ2n) is 7.07. The molecule has 1 amide bonds. The van der Waals surface area contributed by atoms with Crippen LogP contribution in [0.1, 0.15) is 10.4 Å². The molecule has 0 saturated carbocycles. The molecular formula is C26H21N3O4. The zero-order valence-electron chi connectivity index (χ0n) is 18.2. The highest BCUT2D eigenvalue weighted by molar-refractivity contribution is 6.13. The van der Waals surface area contributed by atoms with Crippen molar-refractivity contribution >= 4 is 22.5 Å². The van der Waals surface area contributed by atoms with Crippen LogP contribution in [0.4, 0.5) is 5.69 Å². The van der Waals surface area contributed by atoms with Crippen molar-refractivity contribution < 1.29 is 19.0 Å². The molecule has 1 aromatic heterocycles. The van der Waals surface area contributed by atoms with Crippen LogP contribution in [-0.4, -0.2) is 31.7 Å². The number of carbonyl (C=O) groups is 1. The Morgan fingerprint density at radius 2 is 1.73 bits per heavy atom. The van der Waals surface area contributed by atoms with Crippen LogP contribution in [-0.2, 0) is 0 Å². The molecule has 1 N–H and O–H groups in total. The van der Waals surface area contributed by atoms with Gasteiger partial charge in [-0.1, -0.05) is 18.2 Å². The first-order valence-electron chi connectivity index (χ1n) is 10.2. The first kappa shape index (κ1) is 21.7. The number of nitrogens with one attached hydrogen (secondary N) is 1. The molecule has 0 aliphatic rings. The van der Waals surface area contributed by atoms with Crippen LogP contribution in [0.2, 0.25) is 0 Å². The number of nitrogens with zero attached hydrogens (tertiary/aromatic N) is 2. The highest BCUT2D eigenvalue weighted by Gasteiger charge is 2.15. The van der Waals surface area contributed by atoms with E-state index >= 15 is 0 Å². The Bertz CT molecular complexity index is 1340. The van der Waals surface area contributed by atoms with Gasteiger partial charge in [0.05, 0.1) is 31.0 Å². The molecule has 0 saturated heterocycles. The van der Waals surface area contributed by atoms with Crippen LogP contribution >= 0.6 is 0 Å². The predicted octanol–water partition coefficient (Wildman–Crippen LogP) is 5.07. The molecule has 0 bridgehead atoms. The number of benzene rings is 3. The summed E-state index contributed by atoms with van der Waals surface area (Å²) in [5.74, 6) is 1.48. The summed E-state index contributed by atoms with van der Waals surface area (Å²) in [6.45, 7) is -0.0341. The van der Waals surface area contributed by atoms with E-state index in [-0.39, 0.29) is 12.5 Å². The maximum atomic E-state index is 13.2. The Morgan fingerprint density at radius 3 is 2.45 bits per heavy atom. The summed E-state index contributed by atoms with van der Waals surface area (Å²) >= 11 is 0. The lowest BCUT2D eigenvalue weighted by molar-refractivity contribution is 0.102. The Hall–Kier alpha value is -4.57. The van der Waals surface area contributed by atoms with E-state index in [9.17, 15) is 4.79 Å². The summed E-state index contributed by atoms with van der Waals surface area (Å²) in [5.41, 5.74) is 3.25. The van der Waals surface area contributed by atoms with Gasteiger partial charge in [-0.3, -0.25) is 4.79 Å². The van der Waals surface area contributed by atoms with Gasteiger partial charge in [0.2, 0.25) is 0 Å². The van der Waals surface area contributed by atoms with E-state index in [0.717, 1.165) is 10.9 Å². The number of aromatic nitrogens is 1. The summed E-state index contributed by atoms with van der Waals surface area (Å²) in [7, 11) is 3.15. The average molecular weight is 439 g/mol.